The quantitative estimate of drug-likeness (QED) is 0.123. The van der Waals surface area contributed by atoms with E-state index in [0.717, 1.165) is 56.4 Å². The van der Waals surface area contributed by atoms with Gasteiger partial charge in [0.05, 0.1) is 13.7 Å². The molecular weight excluding hydrogens is 829 g/mol. The van der Waals surface area contributed by atoms with Crippen molar-refractivity contribution >= 4 is 35.2 Å². The molecule has 0 aliphatic carbocycles. The van der Waals surface area contributed by atoms with Gasteiger partial charge in [-0.05, 0) is 76.5 Å². The van der Waals surface area contributed by atoms with E-state index in [-0.39, 0.29) is 25.5 Å². The zero-order valence-electron chi connectivity index (χ0n) is 32.2. The van der Waals surface area contributed by atoms with Crippen LogP contribution < -0.4 is 5.19 Å². The topological polar surface area (TPSA) is 38.9 Å². The van der Waals surface area contributed by atoms with Crippen molar-refractivity contribution in [3.63, 3.8) is 0 Å². The SMILES string of the molecule is CC(C)(C)Cc1cc(-c2[c-]cccc2)ncc1[Si](C)(C)C.Cc1ccc(-c2ccc3c(c2)oc2c(-c4cc(C(C)C)c(C)cn4)[c-]ccc23)cc1.[Ir]. The zero-order chi connectivity index (χ0) is 36.5. The van der Waals surface area contributed by atoms with Crippen molar-refractivity contribution < 1.29 is 24.5 Å². The molecule has 0 atom stereocenters. The average Bonchev–Trinajstić information content (AvgIpc) is 3.46. The minimum absolute atomic E-state index is 0. The van der Waals surface area contributed by atoms with Crippen LogP contribution in [0.5, 0.6) is 0 Å². The second-order valence-electron chi connectivity index (χ2n) is 16.3. The summed E-state index contributed by atoms with van der Waals surface area (Å²) in [6.07, 6.45) is 5.16. The summed E-state index contributed by atoms with van der Waals surface area (Å²) >= 11 is 0. The minimum Gasteiger partial charge on any atom is -0.501 e. The van der Waals surface area contributed by atoms with E-state index in [1.165, 1.54) is 33.0 Å². The molecule has 0 saturated carbocycles. The van der Waals surface area contributed by atoms with Crippen molar-refractivity contribution in [2.75, 3.05) is 0 Å². The molecule has 0 saturated heterocycles. The molecule has 0 amide bonds. The summed E-state index contributed by atoms with van der Waals surface area (Å²) in [6, 6.07) is 38.3. The van der Waals surface area contributed by atoms with Gasteiger partial charge in [-0.3, -0.25) is 0 Å². The Morgan fingerprint density at radius 3 is 2.12 bits per heavy atom. The van der Waals surface area contributed by atoms with Crippen LogP contribution in [-0.4, -0.2) is 18.0 Å². The fraction of sp³-hybridized carbons (Fsp3) is 0.277. The normalized spacial score (nSPS) is 11.8. The van der Waals surface area contributed by atoms with E-state index >= 15 is 0 Å². The number of furan rings is 1. The Morgan fingerprint density at radius 1 is 0.750 bits per heavy atom. The van der Waals surface area contributed by atoms with Crippen LogP contribution in [0.25, 0.3) is 55.6 Å². The first-order valence-corrected chi connectivity index (χ1v) is 21.6. The van der Waals surface area contributed by atoms with Crippen molar-refractivity contribution in [1.82, 2.24) is 9.97 Å². The molecule has 1 radical (unpaired) electrons. The van der Waals surface area contributed by atoms with Crippen molar-refractivity contribution in [3.8, 4) is 33.6 Å². The fourth-order valence-electron chi connectivity index (χ4n) is 6.75. The van der Waals surface area contributed by atoms with E-state index < -0.39 is 8.07 Å². The average molecular weight is 879 g/mol. The Labute approximate surface area is 325 Å². The number of benzene rings is 4. The van der Waals surface area contributed by atoms with Gasteiger partial charge in [-0.25, -0.2) is 0 Å². The summed E-state index contributed by atoms with van der Waals surface area (Å²) < 4.78 is 6.38. The van der Waals surface area contributed by atoms with Crippen LogP contribution in [-0.2, 0) is 26.5 Å². The third-order valence-corrected chi connectivity index (χ3v) is 11.4. The molecule has 7 rings (SSSR count). The van der Waals surface area contributed by atoms with Gasteiger partial charge < -0.3 is 14.4 Å². The fourth-order valence-corrected chi connectivity index (χ4v) is 8.32. The van der Waals surface area contributed by atoms with Gasteiger partial charge in [0, 0.05) is 37.9 Å². The third kappa shape index (κ3) is 8.89. The van der Waals surface area contributed by atoms with Crippen LogP contribution >= 0.6 is 0 Å². The maximum absolute atomic E-state index is 6.38. The van der Waals surface area contributed by atoms with Crippen molar-refractivity contribution in [2.45, 2.75) is 80.4 Å². The summed E-state index contributed by atoms with van der Waals surface area (Å²) in [5.74, 6) is 0.443. The van der Waals surface area contributed by atoms with Crippen LogP contribution in [0.15, 0.2) is 108 Å². The molecule has 0 fully saturated rings. The van der Waals surface area contributed by atoms with Gasteiger partial charge in [0.25, 0.3) is 0 Å². The molecule has 7 aromatic rings. The Balaban J connectivity index is 0.000000210. The smallest absolute Gasteiger partial charge is 0.121 e. The number of hydrogen-bond acceptors (Lipinski definition) is 3. The zero-order valence-corrected chi connectivity index (χ0v) is 35.6. The van der Waals surface area contributed by atoms with Gasteiger partial charge in [0.1, 0.15) is 5.58 Å². The molecule has 3 aromatic heterocycles. The molecule has 5 heteroatoms. The van der Waals surface area contributed by atoms with E-state index in [4.69, 9.17) is 14.4 Å². The molecule has 0 aliphatic rings. The number of nitrogens with zero attached hydrogens (tertiary/aromatic N) is 2. The summed E-state index contributed by atoms with van der Waals surface area (Å²) in [7, 11) is -1.37. The molecule has 4 aromatic carbocycles. The van der Waals surface area contributed by atoms with Gasteiger partial charge in [0.2, 0.25) is 0 Å². The first kappa shape index (κ1) is 39.1. The minimum atomic E-state index is -1.37. The molecule has 0 aliphatic heterocycles. The Hall–Kier alpha value is -4.15. The molecular formula is C47H50IrN2OSi-2. The number of aryl methyl sites for hydroxylation is 2. The van der Waals surface area contributed by atoms with Crippen molar-refractivity contribution in [3.05, 3.63) is 138 Å². The second-order valence-corrected chi connectivity index (χ2v) is 21.4. The molecule has 52 heavy (non-hydrogen) atoms. The van der Waals surface area contributed by atoms with Crippen LogP contribution in [0.3, 0.4) is 0 Å². The number of aromatic nitrogens is 2. The summed E-state index contributed by atoms with van der Waals surface area (Å²) in [5, 5.41) is 3.70. The Kier molecular flexibility index (Phi) is 11.9. The monoisotopic (exact) mass is 879 g/mol. The van der Waals surface area contributed by atoms with E-state index in [2.05, 4.69) is 153 Å². The molecule has 269 valence electrons. The Morgan fingerprint density at radius 2 is 1.46 bits per heavy atom. The van der Waals surface area contributed by atoms with E-state index in [0.29, 0.717) is 5.92 Å². The number of fused-ring (bicyclic) bond motifs is 3. The van der Waals surface area contributed by atoms with Crippen molar-refractivity contribution in [2.24, 2.45) is 5.41 Å². The van der Waals surface area contributed by atoms with Gasteiger partial charge in [-0.1, -0.05) is 125 Å². The molecule has 3 nitrogen and oxygen atoms in total. The number of pyridine rings is 2. The summed E-state index contributed by atoms with van der Waals surface area (Å²) in [6.45, 7) is 22.7. The largest absolute Gasteiger partial charge is 0.501 e. The van der Waals surface area contributed by atoms with E-state index in [1.807, 2.05) is 30.5 Å². The maximum Gasteiger partial charge on any atom is 0.121 e. The summed E-state index contributed by atoms with van der Waals surface area (Å²) in [5.41, 5.74) is 13.6. The predicted octanol–water partition coefficient (Wildman–Crippen LogP) is 12.5. The standard InChI is InChI=1S/C28H24NO.C19H26NSi.Ir/c1-17(2)25-15-26(29-16-19(25)4)24-7-5-6-23-22-13-12-21(14-27(22)30-28(23)24)20-10-8-18(3)9-11-20;1-19(2,3)13-16-12-17(15-10-8-7-9-11-15)20-14-18(16)21(4,5)6;/h5-6,8-17H,1-4H3;7-10,12,14H,13H2,1-6H3;/q2*-1;. The first-order valence-electron chi connectivity index (χ1n) is 18.1. The molecule has 0 unspecified atom stereocenters. The van der Waals surface area contributed by atoms with Crippen LogP contribution in [0.1, 0.15) is 62.8 Å². The maximum atomic E-state index is 6.38. The van der Waals surface area contributed by atoms with Gasteiger partial charge in [-0.2, -0.15) is 0 Å². The van der Waals surface area contributed by atoms with Crippen molar-refractivity contribution in [1.29, 1.82) is 0 Å². The van der Waals surface area contributed by atoms with Gasteiger partial charge in [0.15, 0.2) is 0 Å². The van der Waals surface area contributed by atoms with Crippen LogP contribution in [0.2, 0.25) is 19.6 Å². The summed E-state index contributed by atoms with van der Waals surface area (Å²) in [4.78, 5) is 9.40. The molecule has 0 N–H and O–H groups in total. The van der Waals surface area contributed by atoms with Gasteiger partial charge in [-0.15, -0.1) is 54.1 Å². The first-order chi connectivity index (χ1) is 24.2. The van der Waals surface area contributed by atoms with Crippen LogP contribution in [0.4, 0.5) is 0 Å². The predicted molar refractivity (Wildman–Crippen MR) is 219 cm³/mol. The Bertz CT molecular complexity index is 2290. The van der Waals surface area contributed by atoms with E-state index in [1.54, 1.807) is 0 Å². The second kappa shape index (κ2) is 15.8. The molecule has 3 heterocycles. The number of rotatable bonds is 6. The molecule has 0 spiro atoms. The third-order valence-electron chi connectivity index (χ3n) is 9.34. The molecule has 0 bridgehead atoms. The van der Waals surface area contributed by atoms with Crippen LogP contribution in [0, 0.1) is 31.4 Å². The van der Waals surface area contributed by atoms with Gasteiger partial charge >= 0.3 is 0 Å². The van der Waals surface area contributed by atoms with E-state index in [9.17, 15) is 0 Å². The number of hydrogen-bond donors (Lipinski definition) is 0.